The van der Waals surface area contributed by atoms with Crippen LogP contribution in [0, 0.1) is 5.92 Å². The van der Waals surface area contributed by atoms with Gasteiger partial charge in [-0.15, -0.1) is 0 Å². The summed E-state index contributed by atoms with van der Waals surface area (Å²) in [6.45, 7) is 2.22. The molecule has 4 nitrogen and oxygen atoms in total. The molecule has 1 aliphatic carbocycles. The van der Waals surface area contributed by atoms with Crippen LogP contribution in [0.15, 0.2) is 5.16 Å². The highest BCUT2D eigenvalue weighted by molar-refractivity contribution is 5.79. The Morgan fingerprint density at radius 3 is 2.79 bits per heavy atom. The Balaban J connectivity index is 1.79. The summed E-state index contributed by atoms with van der Waals surface area (Å²) < 4.78 is 0. The number of nitrogens with one attached hydrogen (secondary N) is 1. The van der Waals surface area contributed by atoms with E-state index >= 15 is 0 Å². The number of hydrogen-bond acceptors (Lipinski definition) is 3. The van der Waals surface area contributed by atoms with Gasteiger partial charge < -0.3 is 16.3 Å². The third-order valence-electron chi connectivity index (χ3n) is 2.82. The zero-order valence-electron chi connectivity index (χ0n) is 8.71. The average Bonchev–Trinajstić information content (AvgIpc) is 2.13. The quantitative estimate of drug-likeness (QED) is 0.190. The van der Waals surface area contributed by atoms with Crippen LogP contribution in [0.3, 0.4) is 0 Å². The molecule has 0 aromatic carbocycles. The standard InChI is InChI=1S/C10H21N3O/c11-10(13-14)6-1-2-7-12-8-9-4-3-5-9/h9,12,14H,1-8H2,(H2,11,13). The lowest BCUT2D eigenvalue weighted by atomic mass is 9.85. The maximum atomic E-state index is 8.30. The van der Waals surface area contributed by atoms with Crippen molar-refractivity contribution in [3.63, 3.8) is 0 Å². The highest BCUT2D eigenvalue weighted by Crippen LogP contribution is 2.24. The number of hydrogen-bond donors (Lipinski definition) is 3. The molecule has 0 spiro atoms. The Bertz CT molecular complexity index is 178. The molecule has 82 valence electrons. The van der Waals surface area contributed by atoms with Crippen LogP contribution in [0.1, 0.15) is 38.5 Å². The Labute approximate surface area is 85.6 Å². The van der Waals surface area contributed by atoms with Crippen LogP contribution in [0.4, 0.5) is 0 Å². The molecule has 0 heterocycles. The van der Waals surface area contributed by atoms with E-state index in [-0.39, 0.29) is 0 Å². The van der Waals surface area contributed by atoms with Gasteiger partial charge in [0.15, 0.2) is 0 Å². The van der Waals surface area contributed by atoms with Crippen LogP contribution in [-0.4, -0.2) is 24.1 Å². The molecule has 0 saturated heterocycles. The first-order chi connectivity index (χ1) is 6.83. The van der Waals surface area contributed by atoms with E-state index < -0.39 is 0 Å². The van der Waals surface area contributed by atoms with Crippen molar-refractivity contribution in [1.82, 2.24) is 5.32 Å². The number of rotatable bonds is 7. The lowest BCUT2D eigenvalue weighted by Gasteiger charge is -2.25. The molecule has 14 heavy (non-hydrogen) atoms. The van der Waals surface area contributed by atoms with Crippen molar-refractivity contribution in [1.29, 1.82) is 0 Å². The summed E-state index contributed by atoms with van der Waals surface area (Å²) in [6.07, 6.45) is 7.00. The summed E-state index contributed by atoms with van der Waals surface area (Å²) in [6, 6.07) is 0. The van der Waals surface area contributed by atoms with Crippen LogP contribution in [0.2, 0.25) is 0 Å². The first-order valence-corrected chi connectivity index (χ1v) is 5.50. The summed E-state index contributed by atoms with van der Waals surface area (Å²) in [5.41, 5.74) is 5.35. The van der Waals surface area contributed by atoms with Crippen molar-refractivity contribution in [2.75, 3.05) is 13.1 Å². The SMILES string of the molecule is NC(CCCCNCC1CCC1)=NO. The lowest BCUT2D eigenvalue weighted by molar-refractivity contribution is 0.301. The molecule has 1 aliphatic rings. The van der Waals surface area contributed by atoms with Gasteiger partial charge in [-0.2, -0.15) is 0 Å². The van der Waals surface area contributed by atoms with E-state index in [1.54, 1.807) is 0 Å². The van der Waals surface area contributed by atoms with E-state index in [0.717, 1.165) is 25.3 Å². The van der Waals surface area contributed by atoms with Crippen molar-refractivity contribution in [2.24, 2.45) is 16.8 Å². The molecule has 0 aromatic rings. The zero-order chi connectivity index (χ0) is 10.2. The summed E-state index contributed by atoms with van der Waals surface area (Å²) >= 11 is 0. The predicted molar refractivity (Wildman–Crippen MR) is 57.5 cm³/mol. The second-order valence-corrected chi connectivity index (χ2v) is 4.05. The topological polar surface area (TPSA) is 70.6 Å². The zero-order valence-corrected chi connectivity index (χ0v) is 8.71. The minimum atomic E-state index is 0.337. The van der Waals surface area contributed by atoms with Gasteiger partial charge in [0.05, 0.1) is 0 Å². The molecule has 1 saturated carbocycles. The second kappa shape index (κ2) is 6.65. The molecule has 0 radical (unpaired) electrons. The van der Waals surface area contributed by atoms with Gasteiger partial charge in [0.1, 0.15) is 5.84 Å². The minimum Gasteiger partial charge on any atom is -0.409 e. The van der Waals surface area contributed by atoms with E-state index in [2.05, 4.69) is 10.5 Å². The van der Waals surface area contributed by atoms with Gasteiger partial charge in [-0.25, -0.2) is 0 Å². The number of nitrogens with zero attached hydrogens (tertiary/aromatic N) is 1. The van der Waals surface area contributed by atoms with E-state index in [0.29, 0.717) is 12.3 Å². The van der Waals surface area contributed by atoms with Crippen molar-refractivity contribution in [3.05, 3.63) is 0 Å². The summed E-state index contributed by atoms with van der Waals surface area (Å²) in [7, 11) is 0. The Hall–Kier alpha value is -0.770. The lowest BCUT2D eigenvalue weighted by Crippen LogP contribution is -2.28. The maximum absolute atomic E-state index is 8.30. The number of unbranched alkanes of at least 4 members (excludes halogenated alkanes) is 1. The third kappa shape index (κ3) is 4.46. The van der Waals surface area contributed by atoms with Gasteiger partial charge >= 0.3 is 0 Å². The molecule has 1 fully saturated rings. The van der Waals surface area contributed by atoms with Crippen molar-refractivity contribution in [2.45, 2.75) is 38.5 Å². The van der Waals surface area contributed by atoms with Gasteiger partial charge in [-0.3, -0.25) is 0 Å². The number of nitrogens with two attached hydrogens (primary N) is 1. The second-order valence-electron chi connectivity index (χ2n) is 4.05. The van der Waals surface area contributed by atoms with Gasteiger partial charge in [0.2, 0.25) is 0 Å². The summed E-state index contributed by atoms with van der Waals surface area (Å²) in [5, 5.41) is 14.7. The van der Waals surface area contributed by atoms with Gasteiger partial charge in [-0.05, 0) is 44.7 Å². The maximum Gasteiger partial charge on any atom is 0.139 e. The van der Waals surface area contributed by atoms with E-state index in [4.69, 9.17) is 10.9 Å². The smallest absolute Gasteiger partial charge is 0.139 e. The first kappa shape index (κ1) is 11.3. The predicted octanol–water partition coefficient (Wildman–Crippen LogP) is 1.29. The highest BCUT2D eigenvalue weighted by Gasteiger charge is 2.15. The van der Waals surface area contributed by atoms with E-state index in [9.17, 15) is 0 Å². The van der Waals surface area contributed by atoms with Crippen LogP contribution in [0.25, 0.3) is 0 Å². The molecule has 0 amide bonds. The average molecular weight is 199 g/mol. The van der Waals surface area contributed by atoms with Crippen LogP contribution < -0.4 is 11.1 Å². The minimum absolute atomic E-state index is 0.337. The molecule has 4 N–H and O–H groups in total. The fourth-order valence-corrected chi connectivity index (χ4v) is 1.61. The van der Waals surface area contributed by atoms with Crippen LogP contribution in [-0.2, 0) is 0 Å². The van der Waals surface area contributed by atoms with Gasteiger partial charge in [0.25, 0.3) is 0 Å². The fourth-order valence-electron chi connectivity index (χ4n) is 1.61. The molecular weight excluding hydrogens is 178 g/mol. The monoisotopic (exact) mass is 199 g/mol. The molecule has 4 heteroatoms. The van der Waals surface area contributed by atoms with E-state index in [1.165, 1.54) is 25.8 Å². The number of amidine groups is 1. The first-order valence-electron chi connectivity index (χ1n) is 5.50. The van der Waals surface area contributed by atoms with Gasteiger partial charge in [-0.1, -0.05) is 11.6 Å². The highest BCUT2D eigenvalue weighted by atomic mass is 16.4. The Kier molecular flexibility index (Phi) is 5.37. The molecule has 0 atom stereocenters. The van der Waals surface area contributed by atoms with Crippen LogP contribution in [0.5, 0.6) is 0 Å². The molecule has 0 aliphatic heterocycles. The summed E-state index contributed by atoms with van der Waals surface area (Å²) in [5.74, 6) is 1.27. The third-order valence-corrected chi connectivity index (χ3v) is 2.82. The van der Waals surface area contributed by atoms with Crippen molar-refractivity contribution >= 4 is 5.84 Å². The molecule has 1 rings (SSSR count). The van der Waals surface area contributed by atoms with Gasteiger partial charge in [0, 0.05) is 6.42 Å². The van der Waals surface area contributed by atoms with E-state index in [1.807, 2.05) is 0 Å². The van der Waals surface area contributed by atoms with Crippen LogP contribution >= 0.6 is 0 Å². The fraction of sp³-hybridized carbons (Fsp3) is 0.900. The molecule has 0 bridgehead atoms. The molecule has 0 unspecified atom stereocenters. The summed E-state index contributed by atoms with van der Waals surface area (Å²) in [4.78, 5) is 0. The van der Waals surface area contributed by atoms with Crippen molar-refractivity contribution < 1.29 is 5.21 Å². The largest absolute Gasteiger partial charge is 0.409 e. The normalized spacial score (nSPS) is 18.1. The van der Waals surface area contributed by atoms with Crippen molar-refractivity contribution in [3.8, 4) is 0 Å². The Morgan fingerprint density at radius 2 is 2.21 bits per heavy atom. The molecule has 0 aromatic heterocycles. The Morgan fingerprint density at radius 1 is 1.43 bits per heavy atom. The number of oxime groups is 1. The molecular formula is C10H21N3O.